The van der Waals surface area contributed by atoms with E-state index >= 15 is 0 Å². The lowest BCUT2D eigenvalue weighted by atomic mass is 9.85. The molecule has 3 aromatic rings. The Hall–Kier alpha value is -2.30. The molecule has 2 N–H and O–H groups in total. The van der Waals surface area contributed by atoms with Gasteiger partial charge in [-0.3, -0.25) is 0 Å². The van der Waals surface area contributed by atoms with Crippen LogP contribution in [0.3, 0.4) is 0 Å². The van der Waals surface area contributed by atoms with Crippen LogP contribution in [0.5, 0.6) is 11.5 Å². The van der Waals surface area contributed by atoms with Gasteiger partial charge in [0.2, 0.25) is 0 Å². The maximum absolute atomic E-state index is 9.76. The first-order chi connectivity index (χ1) is 13.2. The van der Waals surface area contributed by atoms with E-state index in [1.165, 1.54) is 5.56 Å². The van der Waals surface area contributed by atoms with Crippen LogP contribution in [0.4, 0.5) is 0 Å². The molecular formula is C24H30O4. The summed E-state index contributed by atoms with van der Waals surface area (Å²) >= 11 is 0. The summed E-state index contributed by atoms with van der Waals surface area (Å²) in [5.41, 5.74) is 1.18. The Balaban J connectivity index is 2.33. The zero-order valence-corrected chi connectivity index (χ0v) is 17.3. The Morgan fingerprint density at radius 2 is 1.21 bits per heavy atom. The van der Waals surface area contributed by atoms with Crippen LogP contribution in [0.15, 0.2) is 42.5 Å². The number of benzene rings is 3. The van der Waals surface area contributed by atoms with Crippen molar-refractivity contribution in [3.05, 3.63) is 48.0 Å². The minimum absolute atomic E-state index is 0.0119. The summed E-state index contributed by atoms with van der Waals surface area (Å²) in [4.78, 5) is 0. The second kappa shape index (κ2) is 7.98. The van der Waals surface area contributed by atoms with Crippen LogP contribution in [-0.2, 0) is 5.41 Å². The molecule has 4 nitrogen and oxygen atoms in total. The van der Waals surface area contributed by atoms with Crippen LogP contribution in [-0.4, -0.2) is 35.6 Å². The summed E-state index contributed by atoms with van der Waals surface area (Å²) in [5.74, 6) is 1.50. The fraction of sp³-hybridized carbons (Fsp3) is 0.417. The van der Waals surface area contributed by atoms with Gasteiger partial charge in [-0.2, -0.15) is 0 Å². The smallest absolute Gasteiger partial charge is 0.135 e. The highest BCUT2D eigenvalue weighted by molar-refractivity contribution is 6.11. The maximum Gasteiger partial charge on any atom is 0.135 e. The molecular weight excluding hydrogens is 352 g/mol. The third-order valence-electron chi connectivity index (χ3n) is 4.73. The van der Waals surface area contributed by atoms with E-state index in [-0.39, 0.29) is 18.6 Å². The Morgan fingerprint density at radius 1 is 0.750 bits per heavy atom. The molecule has 0 aliphatic rings. The highest BCUT2D eigenvalue weighted by atomic mass is 16.5. The Labute approximate surface area is 166 Å². The molecule has 0 fully saturated rings. The summed E-state index contributed by atoms with van der Waals surface area (Å²) in [6.45, 7) is 10.4. The van der Waals surface area contributed by atoms with E-state index < -0.39 is 12.2 Å². The highest BCUT2D eigenvalue weighted by Gasteiger charge is 2.20. The second-order valence-electron chi connectivity index (χ2n) is 8.53. The molecule has 4 heteroatoms. The number of hydrogen-bond donors (Lipinski definition) is 2. The lowest BCUT2D eigenvalue weighted by molar-refractivity contribution is 0.123. The fourth-order valence-corrected chi connectivity index (χ4v) is 3.28. The van der Waals surface area contributed by atoms with Crippen LogP contribution in [0, 0.1) is 0 Å². The van der Waals surface area contributed by atoms with Crippen molar-refractivity contribution in [1.82, 2.24) is 0 Å². The van der Waals surface area contributed by atoms with Gasteiger partial charge < -0.3 is 19.7 Å². The van der Waals surface area contributed by atoms with Gasteiger partial charge in [0.25, 0.3) is 0 Å². The average molecular weight is 383 g/mol. The molecule has 2 unspecified atom stereocenters. The van der Waals surface area contributed by atoms with Gasteiger partial charge in [0, 0.05) is 21.5 Å². The number of hydrogen-bond acceptors (Lipinski definition) is 4. The fourth-order valence-electron chi connectivity index (χ4n) is 3.28. The van der Waals surface area contributed by atoms with Gasteiger partial charge in [-0.05, 0) is 30.9 Å². The Kier molecular flexibility index (Phi) is 5.82. The molecule has 28 heavy (non-hydrogen) atoms. The lowest BCUT2D eigenvalue weighted by Crippen LogP contribution is -2.15. The number of aliphatic hydroxyl groups excluding tert-OH is 2. The highest BCUT2D eigenvalue weighted by Crippen LogP contribution is 2.44. The molecule has 0 spiro atoms. The zero-order chi connectivity index (χ0) is 20.5. The minimum Gasteiger partial charge on any atom is -0.490 e. The molecule has 3 aromatic carbocycles. The van der Waals surface area contributed by atoms with Crippen molar-refractivity contribution in [2.24, 2.45) is 0 Å². The van der Waals surface area contributed by atoms with Crippen molar-refractivity contribution in [3.63, 3.8) is 0 Å². The Morgan fingerprint density at radius 3 is 1.68 bits per heavy atom. The van der Waals surface area contributed by atoms with Gasteiger partial charge in [0.15, 0.2) is 0 Å². The van der Waals surface area contributed by atoms with Crippen molar-refractivity contribution >= 4 is 21.5 Å². The standard InChI is InChI=1S/C24H30O4/c1-15(25)13-27-22-18-8-6-7-9-19(18)23(28-14-16(2)26)21-12-17(24(3,4)5)10-11-20(21)22/h6-12,15-16,25-26H,13-14H2,1-5H3. The molecule has 0 saturated heterocycles. The lowest BCUT2D eigenvalue weighted by Gasteiger charge is -2.23. The van der Waals surface area contributed by atoms with Crippen LogP contribution in [0.25, 0.3) is 21.5 Å². The summed E-state index contributed by atoms with van der Waals surface area (Å²) in [6.07, 6.45) is -1.13. The molecule has 0 aliphatic carbocycles. The first-order valence-corrected chi connectivity index (χ1v) is 9.79. The Bertz CT molecular complexity index is 968. The predicted octanol–water partition coefficient (Wildman–Crippen LogP) is 4.81. The molecule has 2 atom stereocenters. The molecule has 0 amide bonds. The van der Waals surface area contributed by atoms with Crippen molar-refractivity contribution < 1.29 is 19.7 Å². The molecule has 150 valence electrons. The molecule has 0 saturated carbocycles. The van der Waals surface area contributed by atoms with Gasteiger partial charge >= 0.3 is 0 Å². The van der Waals surface area contributed by atoms with Crippen molar-refractivity contribution in [3.8, 4) is 11.5 Å². The number of aliphatic hydroxyl groups is 2. The van der Waals surface area contributed by atoms with E-state index in [9.17, 15) is 10.2 Å². The quantitative estimate of drug-likeness (QED) is 0.601. The van der Waals surface area contributed by atoms with Crippen LogP contribution in [0.2, 0.25) is 0 Å². The van der Waals surface area contributed by atoms with Crippen LogP contribution >= 0.6 is 0 Å². The van der Waals surface area contributed by atoms with Gasteiger partial charge in [-0.25, -0.2) is 0 Å². The van der Waals surface area contributed by atoms with Gasteiger partial charge in [-0.1, -0.05) is 57.2 Å². The number of ether oxygens (including phenoxy) is 2. The van der Waals surface area contributed by atoms with Crippen molar-refractivity contribution in [2.75, 3.05) is 13.2 Å². The van der Waals surface area contributed by atoms with E-state index in [1.54, 1.807) is 13.8 Å². The molecule has 0 radical (unpaired) electrons. The summed E-state index contributed by atoms with van der Waals surface area (Å²) < 4.78 is 12.1. The first kappa shape index (κ1) is 20.4. The van der Waals surface area contributed by atoms with E-state index in [4.69, 9.17) is 9.47 Å². The van der Waals surface area contributed by atoms with Crippen LogP contribution in [0.1, 0.15) is 40.2 Å². The minimum atomic E-state index is -0.564. The van der Waals surface area contributed by atoms with Crippen LogP contribution < -0.4 is 9.47 Å². The second-order valence-corrected chi connectivity index (χ2v) is 8.53. The van der Waals surface area contributed by atoms with Crippen molar-refractivity contribution in [1.29, 1.82) is 0 Å². The average Bonchev–Trinajstić information content (AvgIpc) is 2.62. The van der Waals surface area contributed by atoms with E-state index in [0.717, 1.165) is 33.0 Å². The SMILES string of the molecule is CC(O)COc1c2ccccc2c(OCC(C)O)c2cc(C(C)(C)C)ccc12. The monoisotopic (exact) mass is 382 g/mol. The zero-order valence-electron chi connectivity index (χ0n) is 17.3. The molecule has 0 aliphatic heterocycles. The molecule has 0 aromatic heterocycles. The maximum atomic E-state index is 9.76. The molecule has 0 heterocycles. The molecule has 3 rings (SSSR count). The van der Waals surface area contributed by atoms with Gasteiger partial charge in [-0.15, -0.1) is 0 Å². The van der Waals surface area contributed by atoms with E-state index in [0.29, 0.717) is 0 Å². The van der Waals surface area contributed by atoms with Gasteiger partial charge in [0.1, 0.15) is 24.7 Å². The van der Waals surface area contributed by atoms with E-state index in [1.807, 2.05) is 24.3 Å². The summed E-state index contributed by atoms with van der Waals surface area (Å²) in [7, 11) is 0. The predicted molar refractivity (Wildman–Crippen MR) is 115 cm³/mol. The third-order valence-corrected chi connectivity index (χ3v) is 4.73. The topological polar surface area (TPSA) is 58.9 Å². The van der Waals surface area contributed by atoms with E-state index in [2.05, 4.69) is 39.0 Å². The molecule has 0 bridgehead atoms. The van der Waals surface area contributed by atoms with Crippen molar-refractivity contribution in [2.45, 2.75) is 52.2 Å². The first-order valence-electron chi connectivity index (χ1n) is 9.79. The summed E-state index contributed by atoms with van der Waals surface area (Å²) in [5, 5.41) is 23.2. The number of rotatable bonds is 6. The third kappa shape index (κ3) is 4.23. The largest absolute Gasteiger partial charge is 0.490 e. The normalized spacial score (nSPS) is 14.2. The number of fused-ring (bicyclic) bond motifs is 2. The summed E-state index contributed by atoms with van der Waals surface area (Å²) in [6, 6.07) is 14.3. The van der Waals surface area contributed by atoms with Gasteiger partial charge in [0.05, 0.1) is 12.2 Å².